The van der Waals surface area contributed by atoms with Gasteiger partial charge in [0.05, 0.1) is 18.3 Å². The molecule has 2 atom stereocenters. The van der Waals surface area contributed by atoms with E-state index in [0.29, 0.717) is 17.4 Å². The van der Waals surface area contributed by atoms with Crippen molar-refractivity contribution in [3.8, 4) is 5.88 Å². The summed E-state index contributed by atoms with van der Waals surface area (Å²) in [5.74, 6) is 0.906. The minimum Gasteiger partial charge on any atom is -0.471 e. The van der Waals surface area contributed by atoms with Crippen LogP contribution in [0.4, 0.5) is 0 Å². The summed E-state index contributed by atoms with van der Waals surface area (Å²) in [6.07, 6.45) is 1.70. The summed E-state index contributed by atoms with van der Waals surface area (Å²) in [4.78, 5) is 9.13. The smallest absolute Gasteiger partial charge is 0.228 e. The molecule has 132 valence electrons. The van der Waals surface area contributed by atoms with Crippen LogP contribution in [0.5, 0.6) is 5.88 Å². The maximum Gasteiger partial charge on any atom is 0.228 e. The number of fused-ring (bicyclic) bond motifs is 1. The van der Waals surface area contributed by atoms with E-state index in [2.05, 4.69) is 15.1 Å². The number of rotatable bonds is 4. The number of nitrogens with zero attached hydrogens (tertiary/aromatic N) is 4. The van der Waals surface area contributed by atoms with Crippen LogP contribution in [0.3, 0.4) is 0 Å². The Balaban J connectivity index is 2.05. The molecule has 0 aliphatic carbocycles. The molecule has 0 radical (unpaired) electrons. The highest BCUT2D eigenvalue weighted by atomic mass is 16.5. The first-order valence-corrected chi connectivity index (χ1v) is 8.21. The zero-order valence-electron chi connectivity index (χ0n) is 15.0. The molecule has 0 saturated carbocycles. The van der Waals surface area contributed by atoms with Gasteiger partial charge in [0.25, 0.3) is 0 Å². The molecule has 0 bridgehead atoms. The van der Waals surface area contributed by atoms with Crippen LogP contribution >= 0.6 is 0 Å². The summed E-state index contributed by atoms with van der Waals surface area (Å²) in [5.41, 5.74) is 13.9. The molecular formula is C18H24N6O. The molecule has 4 N–H and O–H groups in total. The van der Waals surface area contributed by atoms with Gasteiger partial charge in [0, 0.05) is 7.05 Å². The van der Waals surface area contributed by atoms with Gasteiger partial charge in [-0.25, -0.2) is 4.98 Å². The molecule has 7 heteroatoms. The third kappa shape index (κ3) is 3.62. The first kappa shape index (κ1) is 17.3. The molecule has 0 aliphatic rings. The van der Waals surface area contributed by atoms with Crippen molar-refractivity contribution in [2.24, 2.45) is 18.5 Å². The fourth-order valence-electron chi connectivity index (χ4n) is 2.57. The molecule has 1 aromatic carbocycles. The van der Waals surface area contributed by atoms with E-state index in [1.807, 2.05) is 58.2 Å². The number of benzene rings is 1. The molecule has 0 aliphatic heterocycles. The normalized spacial score (nSPS) is 14.5. The maximum atomic E-state index is 6.38. The number of hydrogen-bond donors (Lipinski definition) is 2. The SMILES string of the molecule is Cn1ncc2c(OC(C)(C)C)nc(C(N)C(N)c3ccccc3)nc21. The molecule has 0 fully saturated rings. The number of ether oxygens (including phenoxy) is 1. The van der Waals surface area contributed by atoms with Crippen molar-refractivity contribution in [2.45, 2.75) is 38.5 Å². The van der Waals surface area contributed by atoms with Crippen molar-refractivity contribution < 1.29 is 4.74 Å². The predicted molar refractivity (Wildman–Crippen MR) is 97.0 cm³/mol. The van der Waals surface area contributed by atoms with Crippen LogP contribution in [0.15, 0.2) is 36.5 Å². The zero-order chi connectivity index (χ0) is 18.2. The lowest BCUT2D eigenvalue weighted by atomic mass is 10.0. The number of aryl methyl sites for hydroxylation is 1. The molecule has 2 heterocycles. The molecule has 3 rings (SSSR count). The average Bonchev–Trinajstić information content (AvgIpc) is 2.94. The Morgan fingerprint density at radius 3 is 2.36 bits per heavy atom. The predicted octanol–water partition coefficient (Wildman–Crippen LogP) is 2.24. The van der Waals surface area contributed by atoms with Crippen LogP contribution in [0, 0.1) is 0 Å². The second-order valence-corrected chi connectivity index (χ2v) is 7.07. The molecule has 0 spiro atoms. The third-order valence-corrected chi connectivity index (χ3v) is 3.85. The van der Waals surface area contributed by atoms with Gasteiger partial charge in [0.1, 0.15) is 11.0 Å². The van der Waals surface area contributed by atoms with Gasteiger partial charge < -0.3 is 16.2 Å². The van der Waals surface area contributed by atoms with Crippen molar-refractivity contribution in [2.75, 3.05) is 0 Å². The van der Waals surface area contributed by atoms with Crippen LogP contribution in [-0.2, 0) is 7.05 Å². The first-order valence-electron chi connectivity index (χ1n) is 8.21. The van der Waals surface area contributed by atoms with E-state index in [4.69, 9.17) is 16.2 Å². The van der Waals surface area contributed by atoms with Gasteiger partial charge in [0.2, 0.25) is 5.88 Å². The quantitative estimate of drug-likeness (QED) is 0.754. The van der Waals surface area contributed by atoms with Crippen molar-refractivity contribution >= 4 is 11.0 Å². The van der Waals surface area contributed by atoms with Crippen LogP contribution in [0.1, 0.15) is 44.2 Å². The standard InChI is InChI=1S/C18H24N6O/c1-18(2,3)25-17-12-10-21-24(4)16(12)22-15(23-17)14(20)13(19)11-8-6-5-7-9-11/h5-10,13-14H,19-20H2,1-4H3. The largest absolute Gasteiger partial charge is 0.471 e. The Morgan fingerprint density at radius 2 is 1.72 bits per heavy atom. The summed E-state index contributed by atoms with van der Waals surface area (Å²) >= 11 is 0. The van der Waals surface area contributed by atoms with E-state index >= 15 is 0 Å². The average molecular weight is 340 g/mol. The molecule has 3 aromatic rings. The summed E-state index contributed by atoms with van der Waals surface area (Å²) < 4.78 is 7.68. The van der Waals surface area contributed by atoms with Gasteiger partial charge in [-0.2, -0.15) is 10.1 Å². The van der Waals surface area contributed by atoms with Gasteiger partial charge in [-0.15, -0.1) is 0 Å². The van der Waals surface area contributed by atoms with Gasteiger partial charge in [0.15, 0.2) is 11.5 Å². The summed E-state index contributed by atoms with van der Waals surface area (Å²) in [7, 11) is 1.82. The highest BCUT2D eigenvalue weighted by molar-refractivity contribution is 5.80. The minimum absolute atomic E-state index is 0.403. The number of aromatic nitrogens is 4. The third-order valence-electron chi connectivity index (χ3n) is 3.85. The minimum atomic E-state index is -0.566. The number of nitrogens with two attached hydrogens (primary N) is 2. The maximum absolute atomic E-state index is 6.38. The van der Waals surface area contributed by atoms with Crippen LogP contribution in [0.2, 0.25) is 0 Å². The van der Waals surface area contributed by atoms with Crippen molar-refractivity contribution in [3.63, 3.8) is 0 Å². The Hall–Kier alpha value is -2.51. The zero-order valence-corrected chi connectivity index (χ0v) is 15.0. The van der Waals surface area contributed by atoms with Gasteiger partial charge >= 0.3 is 0 Å². The Kier molecular flexibility index (Phi) is 4.45. The molecular weight excluding hydrogens is 316 g/mol. The van der Waals surface area contributed by atoms with E-state index < -0.39 is 17.7 Å². The molecule has 0 saturated heterocycles. The fraction of sp³-hybridized carbons (Fsp3) is 0.389. The lowest BCUT2D eigenvalue weighted by molar-refractivity contribution is 0.126. The van der Waals surface area contributed by atoms with Gasteiger partial charge in [-0.05, 0) is 26.3 Å². The summed E-state index contributed by atoms with van der Waals surface area (Å²) in [5, 5.41) is 5.00. The summed E-state index contributed by atoms with van der Waals surface area (Å²) in [6.45, 7) is 5.89. The number of hydrogen-bond acceptors (Lipinski definition) is 6. The highest BCUT2D eigenvalue weighted by Gasteiger charge is 2.24. The molecule has 25 heavy (non-hydrogen) atoms. The highest BCUT2D eigenvalue weighted by Crippen LogP contribution is 2.29. The second-order valence-electron chi connectivity index (χ2n) is 7.07. The van der Waals surface area contributed by atoms with Crippen molar-refractivity contribution in [1.29, 1.82) is 0 Å². The Morgan fingerprint density at radius 1 is 1.04 bits per heavy atom. The van der Waals surface area contributed by atoms with E-state index in [1.54, 1.807) is 10.9 Å². The molecule has 7 nitrogen and oxygen atoms in total. The van der Waals surface area contributed by atoms with E-state index in [0.717, 1.165) is 10.9 Å². The van der Waals surface area contributed by atoms with E-state index in [1.165, 1.54) is 0 Å². The molecule has 2 aromatic heterocycles. The van der Waals surface area contributed by atoms with E-state index in [9.17, 15) is 0 Å². The van der Waals surface area contributed by atoms with Gasteiger partial charge in [-0.1, -0.05) is 30.3 Å². The lowest BCUT2D eigenvalue weighted by Gasteiger charge is -2.23. The summed E-state index contributed by atoms with van der Waals surface area (Å²) in [6, 6.07) is 8.70. The Bertz CT molecular complexity index is 868. The second kappa shape index (κ2) is 6.42. The van der Waals surface area contributed by atoms with Crippen LogP contribution in [-0.4, -0.2) is 25.3 Å². The Labute approximate surface area is 147 Å². The van der Waals surface area contributed by atoms with Crippen molar-refractivity contribution in [1.82, 2.24) is 19.7 Å². The van der Waals surface area contributed by atoms with Gasteiger partial charge in [-0.3, -0.25) is 4.68 Å². The van der Waals surface area contributed by atoms with Crippen molar-refractivity contribution in [3.05, 3.63) is 47.9 Å². The molecule has 0 amide bonds. The first-order chi connectivity index (χ1) is 11.8. The van der Waals surface area contributed by atoms with E-state index in [-0.39, 0.29) is 0 Å². The van der Waals surface area contributed by atoms with Crippen LogP contribution < -0.4 is 16.2 Å². The topological polar surface area (TPSA) is 105 Å². The molecule has 2 unspecified atom stereocenters. The van der Waals surface area contributed by atoms with Crippen LogP contribution in [0.25, 0.3) is 11.0 Å². The monoisotopic (exact) mass is 340 g/mol. The lowest BCUT2D eigenvalue weighted by Crippen LogP contribution is -2.29. The fourth-order valence-corrected chi connectivity index (χ4v) is 2.57.